The molecule has 0 aliphatic heterocycles. The first-order chi connectivity index (χ1) is 8.85. The minimum absolute atomic E-state index is 0.478. The summed E-state index contributed by atoms with van der Waals surface area (Å²) in [5.74, 6) is 0.924. The van der Waals surface area contributed by atoms with Crippen LogP contribution in [0, 0.1) is 0 Å². The van der Waals surface area contributed by atoms with E-state index in [9.17, 15) is 0 Å². The van der Waals surface area contributed by atoms with Crippen molar-refractivity contribution < 1.29 is 4.74 Å². The molecule has 0 saturated heterocycles. The Balaban J connectivity index is 2.14. The molecule has 0 saturated carbocycles. The van der Waals surface area contributed by atoms with Crippen LogP contribution in [0.2, 0.25) is 0 Å². The maximum atomic E-state index is 5.64. The number of rotatable bonds is 5. The summed E-state index contributed by atoms with van der Waals surface area (Å²) in [6, 6.07) is 6.89. The minimum Gasteiger partial charge on any atom is -0.489 e. The maximum Gasteiger partial charge on any atom is 0.120 e. The van der Waals surface area contributed by atoms with Gasteiger partial charge in [0.05, 0.1) is 0 Å². The standard InChI is InChI=1S/C15H20ClNO/c1-2-17-15-6-3-5-12-7-8-13(11-14(12)15)18-10-4-9-16/h4,7-9,11,15,17H,2-3,5-6,10H2,1H3/b9-4+. The third-order valence-corrected chi connectivity index (χ3v) is 3.50. The van der Waals surface area contributed by atoms with Crippen LogP contribution in [0.3, 0.4) is 0 Å². The van der Waals surface area contributed by atoms with Crippen molar-refractivity contribution in [2.75, 3.05) is 13.2 Å². The first-order valence-electron chi connectivity index (χ1n) is 6.59. The maximum absolute atomic E-state index is 5.64. The van der Waals surface area contributed by atoms with Crippen LogP contribution in [-0.4, -0.2) is 13.2 Å². The Kier molecular flexibility index (Phi) is 5.09. The predicted molar refractivity (Wildman–Crippen MR) is 76.3 cm³/mol. The molecule has 2 rings (SSSR count). The molecule has 98 valence electrons. The average Bonchev–Trinajstić information content (AvgIpc) is 2.40. The second-order valence-corrected chi connectivity index (χ2v) is 4.79. The van der Waals surface area contributed by atoms with Gasteiger partial charge in [0.25, 0.3) is 0 Å². The van der Waals surface area contributed by atoms with E-state index in [1.165, 1.54) is 35.9 Å². The van der Waals surface area contributed by atoms with Crippen molar-refractivity contribution in [3.63, 3.8) is 0 Å². The Morgan fingerprint density at radius 2 is 2.39 bits per heavy atom. The fourth-order valence-electron chi connectivity index (χ4n) is 2.51. The lowest BCUT2D eigenvalue weighted by atomic mass is 9.87. The van der Waals surface area contributed by atoms with Gasteiger partial charge in [-0.25, -0.2) is 0 Å². The third-order valence-electron chi connectivity index (χ3n) is 3.32. The van der Waals surface area contributed by atoms with Crippen LogP contribution in [0.4, 0.5) is 0 Å². The number of benzene rings is 1. The van der Waals surface area contributed by atoms with Crippen molar-refractivity contribution in [3.8, 4) is 5.75 Å². The van der Waals surface area contributed by atoms with Crippen molar-refractivity contribution in [1.82, 2.24) is 5.32 Å². The third kappa shape index (κ3) is 3.27. The highest BCUT2D eigenvalue weighted by atomic mass is 35.5. The number of hydrogen-bond donors (Lipinski definition) is 1. The molecule has 1 aliphatic carbocycles. The largest absolute Gasteiger partial charge is 0.489 e. The number of halogens is 1. The average molecular weight is 266 g/mol. The Hall–Kier alpha value is -0.990. The highest BCUT2D eigenvalue weighted by Gasteiger charge is 2.19. The van der Waals surface area contributed by atoms with E-state index in [-0.39, 0.29) is 0 Å². The summed E-state index contributed by atoms with van der Waals surface area (Å²) in [5, 5.41) is 3.54. The van der Waals surface area contributed by atoms with Gasteiger partial charge in [-0.1, -0.05) is 24.6 Å². The molecule has 0 aromatic heterocycles. The van der Waals surface area contributed by atoms with E-state index in [1.807, 2.05) is 0 Å². The molecular weight excluding hydrogens is 246 g/mol. The zero-order valence-corrected chi connectivity index (χ0v) is 11.5. The molecule has 0 bridgehead atoms. The second-order valence-electron chi connectivity index (χ2n) is 4.54. The highest BCUT2D eigenvalue weighted by Crippen LogP contribution is 2.32. The first kappa shape index (κ1) is 13.4. The highest BCUT2D eigenvalue weighted by molar-refractivity contribution is 6.25. The van der Waals surface area contributed by atoms with Gasteiger partial charge >= 0.3 is 0 Å². The zero-order chi connectivity index (χ0) is 12.8. The van der Waals surface area contributed by atoms with E-state index in [1.54, 1.807) is 6.08 Å². The van der Waals surface area contributed by atoms with Crippen molar-refractivity contribution >= 4 is 11.6 Å². The molecule has 3 heteroatoms. The van der Waals surface area contributed by atoms with Crippen LogP contribution in [0.15, 0.2) is 29.8 Å². The zero-order valence-electron chi connectivity index (χ0n) is 10.8. The topological polar surface area (TPSA) is 21.3 Å². The molecule has 0 spiro atoms. The summed E-state index contributed by atoms with van der Waals surface area (Å²) < 4.78 is 5.64. The predicted octanol–water partition coefficient (Wildman–Crippen LogP) is 3.80. The van der Waals surface area contributed by atoms with Crippen molar-refractivity contribution in [2.45, 2.75) is 32.2 Å². The van der Waals surface area contributed by atoms with Crippen LogP contribution < -0.4 is 10.1 Å². The monoisotopic (exact) mass is 265 g/mol. The number of nitrogens with one attached hydrogen (secondary N) is 1. The van der Waals surface area contributed by atoms with Gasteiger partial charge in [-0.15, -0.1) is 0 Å². The molecular formula is C15H20ClNO. The second kappa shape index (κ2) is 6.81. The fraction of sp³-hybridized carbons (Fsp3) is 0.467. The molecule has 1 N–H and O–H groups in total. The first-order valence-corrected chi connectivity index (χ1v) is 7.03. The number of aryl methyl sites for hydroxylation is 1. The Bertz CT molecular complexity index is 417. The molecule has 1 unspecified atom stereocenters. The minimum atomic E-state index is 0.478. The lowest BCUT2D eigenvalue weighted by molar-refractivity contribution is 0.360. The van der Waals surface area contributed by atoms with Gasteiger partial charge in [0.2, 0.25) is 0 Å². The number of ether oxygens (including phenoxy) is 1. The van der Waals surface area contributed by atoms with E-state index in [4.69, 9.17) is 16.3 Å². The summed E-state index contributed by atoms with van der Waals surface area (Å²) in [5.41, 5.74) is 4.34. The molecule has 1 aliphatic rings. The quantitative estimate of drug-likeness (QED) is 0.874. The molecule has 1 aromatic carbocycles. The van der Waals surface area contributed by atoms with Crippen LogP contribution in [0.25, 0.3) is 0 Å². The molecule has 0 heterocycles. The molecule has 1 atom stereocenters. The van der Waals surface area contributed by atoms with Crippen LogP contribution in [0.1, 0.15) is 36.9 Å². The fourth-order valence-corrected chi connectivity index (χ4v) is 2.58. The summed E-state index contributed by atoms with van der Waals surface area (Å²) in [4.78, 5) is 0. The molecule has 18 heavy (non-hydrogen) atoms. The van der Waals surface area contributed by atoms with Crippen molar-refractivity contribution in [3.05, 3.63) is 40.9 Å². The van der Waals surface area contributed by atoms with E-state index in [2.05, 4.69) is 30.4 Å². The Morgan fingerprint density at radius 1 is 1.50 bits per heavy atom. The normalized spacial score (nSPS) is 18.9. The SMILES string of the molecule is CCNC1CCCc2ccc(OC/C=C/Cl)cc21. The van der Waals surface area contributed by atoms with Crippen LogP contribution >= 0.6 is 11.6 Å². The lowest BCUT2D eigenvalue weighted by Crippen LogP contribution is -2.24. The molecule has 2 nitrogen and oxygen atoms in total. The summed E-state index contributed by atoms with van der Waals surface area (Å²) in [6.45, 7) is 3.68. The Labute approximate surface area is 114 Å². The van der Waals surface area contributed by atoms with Crippen LogP contribution in [-0.2, 0) is 6.42 Å². The van der Waals surface area contributed by atoms with Gasteiger partial charge < -0.3 is 10.1 Å². The molecule has 1 aromatic rings. The Morgan fingerprint density at radius 3 is 3.17 bits per heavy atom. The van der Waals surface area contributed by atoms with Gasteiger partial charge in [0.15, 0.2) is 0 Å². The number of fused-ring (bicyclic) bond motifs is 1. The van der Waals surface area contributed by atoms with Gasteiger partial charge in [-0.3, -0.25) is 0 Å². The van der Waals surface area contributed by atoms with Gasteiger partial charge in [0.1, 0.15) is 12.4 Å². The lowest BCUT2D eigenvalue weighted by Gasteiger charge is -2.26. The smallest absolute Gasteiger partial charge is 0.120 e. The van der Waals surface area contributed by atoms with E-state index in [0.29, 0.717) is 12.6 Å². The number of hydrogen-bond acceptors (Lipinski definition) is 2. The van der Waals surface area contributed by atoms with Gasteiger partial charge in [0, 0.05) is 11.6 Å². The van der Waals surface area contributed by atoms with Crippen LogP contribution in [0.5, 0.6) is 5.75 Å². The summed E-state index contributed by atoms with van der Waals surface area (Å²) >= 11 is 5.48. The van der Waals surface area contributed by atoms with Gasteiger partial charge in [-0.2, -0.15) is 0 Å². The summed E-state index contributed by atoms with van der Waals surface area (Å²) in [6.07, 6.45) is 5.45. The van der Waals surface area contributed by atoms with Crippen molar-refractivity contribution in [2.24, 2.45) is 0 Å². The van der Waals surface area contributed by atoms with E-state index < -0.39 is 0 Å². The van der Waals surface area contributed by atoms with Crippen molar-refractivity contribution in [1.29, 1.82) is 0 Å². The molecule has 0 amide bonds. The van der Waals surface area contributed by atoms with E-state index in [0.717, 1.165) is 12.3 Å². The van der Waals surface area contributed by atoms with E-state index >= 15 is 0 Å². The molecule has 0 fully saturated rings. The van der Waals surface area contributed by atoms with Gasteiger partial charge in [-0.05, 0) is 55.1 Å². The molecule has 0 radical (unpaired) electrons. The summed E-state index contributed by atoms with van der Waals surface area (Å²) in [7, 11) is 0.